The predicted octanol–water partition coefficient (Wildman–Crippen LogP) is 2.86. The highest BCUT2D eigenvalue weighted by Crippen LogP contribution is 2.35. The predicted molar refractivity (Wildman–Crippen MR) is 123 cm³/mol. The summed E-state index contributed by atoms with van der Waals surface area (Å²) in [7, 11) is 0. The summed E-state index contributed by atoms with van der Waals surface area (Å²) in [5.41, 5.74) is -0.238. The highest BCUT2D eigenvalue weighted by atomic mass is 32.1. The maximum Gasteiger partial charge on any atom is 0.157 e. The van der Waals surface area contributed by atoms with E-state index in [1.54, 1.807) is 0 Å². The molecule has 0 amide bonds. The maximum absolute atomic E-state index is 5.78. The van der Waals surface area contributed by atoms with Gasteiger partial charge < -0.3 is 28.7 Å². The molecular weight excluding hydrogens is 436 g/mol. The van der Waals surface area contributed by atoms with Crippen molar-refractivity contribution in [2.75, 3.05) is 46.1 Å². The van der Waals surface area contributed by atoms with Crippen molar-refractivity contribution in [3.05, 3.63) is 0 Å². The van der Waals surface area contributed by atoms with Crippen LogP contribution in [-0.4, -0.2) is 82.6 Å². The van der Waals surface area contributed by atoms with Crippen LogP contribution < -0.4 is 0 Å². The van der Waals surface area contributed by atoms with Crippen molar-refractivity contribution in [1.82, 2.24) is 9.80 Å². The lowest BCUT2D eigenvalue weighted by Crippen LogP contribution is -2.63. The average molecular weight is 467 g/mol. The first-order chi connectivity index (χ1) is 13.5. The van der Waals surface area contributed by atoms with Gasteiger partial charge in [-0.3, -0.25) is 0 Å². The molecule has 0 aliphatic carbocycles. The van der Waals surface area contributed by atoms with Crippen molar-refractivity contribution in [2.24, 2.45) is 0 Å². The van der Waals surface area contributed by atoms with Crippen molar-refractivity contribution in [1.29, 1.82) is 0 Å². The molecule has 0 radical (unpaired) electrons. The molecular formula is C18H30N2O4S4. The second kappa shape index (κ2) is 11.1. The fraction of sp³-hybridized carbons (Fsp3) is 0.889. The van der Waals surface area contributed by atoms with Crippen LogP contribution in [-0.2, 0) is 18.9 Å². The van der Waals surface area contributed by atoms with Gasteiger partial charge in [0.25, 0.3) is 0 Å². The van der Waals surface area contributed by atoms with Crippen LogP contribution >= 0.6 is 49.7 Å². The molecule has 0 atom stereocenters. The summed E-state index contributed by atoms with van der Waals surface area (Å²) in [6, 6.07) is 0. The number of hydrogen-bond donors (Lipinski definition) is 2. The average Bonchev–Trinajstić information content (AvgIpc) is 2.72. The molecule has 3 heterocycles. The summed E-state index contributed by atoms with van der Waals surface area (Å²) in [5.74, 6) is 0. The summed E-state index contributed by atoms with van der Waals surface area (Å²) in [5, 5.41) is 0. The van der Waals surface area contributed by atoms with Crippen LogP contribution in [0.1, 0.15) is 38.5 Å². The Bertz CT molecular complexity index is 520. The molecule has 3 rings (SSSR count). The Kier molecular flexibility index (Phi) is 9.10. The van der Waals surface area contributed by atoms with Crippen LogP contribution in [0.25, 0.3) is 0 Å². The van der Waals surface area contributed by atoms with Gasteiger partial charge in [-0.1, -0.05) is 24.4 Å². The number of nitrogens with zero attached hydrogens (tertiary/aromatic N) is 2. The monoisotopic (exact) mass is 466 g/mol. The molecule has 160 valence electrons. The van der Waals surface area contributed by atoms with E-state index in [0.29, 0.717) is 8.64 Å². The molecule has 0 aromatic heterocycles. The third-order valence-electron chi connectivity index (χ3n) is 5.64. The lowest BCUT2D eigenvalue weighted by molar-refractivity contribution is -0.190. The summed E-state index contributed by atoms with van der Waals surface area (Å²) < 4.78 is 24.4. The summed E-state index contributed by atoms with van der Waals surface area (Å²) in [6.07, 6.45) is 4.89. The van der Waals surface area contributed by atoms with Crippen LogP contribution in [0.3, 0.4) is 0 Å². The zero-order valence-electron chi connectivity index (χ0n) is 16.1. The largest absolute Gasteiger partial charge is 0.354 e. The van der Waals surface area contributed by atoms with Crippen LogP contribution in [0.2, 0.25) is 0 Å². The smallest absolute Gasteiger partial charge is 0.157 e. The third kappa shape index (κ3) is 6.16. The van der Waals surface area contributed by atoms with Gasteiger partial charge in [-0.05, 0) is 25.7 Å². The Morgan fingerprint density at radius 3 is 1.75 bits per heavy atom. The van der Waals surface area contributed by atoms with Crippen LogP contribution in [0.4, 0.5) is 0 Å². The third-order valence-corrected chi connectivity index (χ3v) is 6.64. The van der Waals surface area contributed by atoms with Gasteiger partial charge in [0.1, 0.15) is 8.64 Å². The molecule has 6 nitrogen and oxygen atoms in total. The number of ether oxygens (including phenoxy) is 4. The Hall–Kier alpha value is 0.320. The standard InChI is InChI=1S/C18H30N2O4S4/c25-16(26)19-7-8-20(17(27)28)18(13-19,5-3-14-21-9-1-10-22-14)6-4-15-23-11-2-12-24-15/h14-15H,1-13H2,(H,25,26)(H,27,28). The van der Waals surface area contributed by atoms with Gasteiger partial charge in [0.05, 0.1) is 32.0 Å². The number of piperazine rings is 1. The molecule has 0 N–H and O–H groups in total. The van der Waals surface area contributed by atoms with E-state index in [2.05, 4.69) is 35.1 Å². The minimum absolute atomic E-state index is 0.165. The van der Waals surface area contributed by atoms with Crippen molar-refractivity contribution >= 4 is 58.3 Å². The number of thiol groups is 2. The molecule has 28 heavy (non-hydrogen) atoms. The molecule has 10 heteroatoms. The fourth-order valence-corrected chi connectivity index (χ4v) is 5.10. The van der Waals surface area contributed by atoms with E-state index in [-0.39, 0.29) is 18.1 Å². The second-order valence-corrected chi connectivity index (χ2v) is 9.72. The van der Waals surface area contributed by atoms with Crippen molar-refractivity contribution in [3.63, 3.8) is 0 Å². The van der Waals surface area contributed by atoms with E-state index < -0.39 is 0 Å². The number of rotatable bonds is 6. The maximum atomic E-state index is 5.78. The molecule has 3 saturated heterocycles. The topological polar surface area (TPSA) is 43.4 Å². The molecule has 0 spiro atoms. The van der Waals surface area contributed by atoms with Gasteiger partial charge in [0.15, 0.2) is 12.6 Å². The highest BCUT2D eigenvalue weighted by Gasteiger charge is 2.43. The Morgan fingerprint density at radius 2 is 1.32 bits per heavy atom. The Morgan fingerprint density at radius 1 is 0.821 bits per heavy atom. The first-order valence-electron chi connectivity index (χ1n) is 9.95. The van der Waals surface area contributed by atoms with Crippen LogP contribution in [0, 0.1) is 0 Å². The summed E-state index contributed by atoms with van der Waals surface area (Å²) >= 11 is 19.8. The van der Waals surface area contributed by atoms with Gasteiger partial charge in [-0.25, -0.2) is 0 Å². The van der Waals surface area contributed by atoms with E-state index in [1.807, 2.05) is 0 Å². The Balaban J connectivity index is 1.74. The van der Waals surface area contributed by atoms with E-state index >= 15 is 0 Å². The second-order valence-electron chi connectivity index (χ2n) is 7.49. The molecule has 3 fully saturated rings. The van der Waals surface area contributed by atoms with Crippen molar-refractivity contribution < 1.29 is 18.9 Å². The molecule has 0 unspecified atom stereocenters. The number of thiocarbonyl (C=S) groups is 2. The minimum Gasteiger partial charge on any atom is -0.354 e. The van der Waals surface area contributed by atoms with Crippen molar-refractivity contribution in [2.45, 2.75) is 56.6 Å². The summed E-state index contributed by atoms with van der Waals surface area (Å²) in [4.78, 5) is 4.38. The van der Waals surface area contributed by atoms with Gasteiger partial charge in [-0.15, -0.1) is 25.3 Å². The lowest BCUT2D eigenvalue weighted by atomic mass is 9.84. The van der Waals surface area contributed by atoms with Crippen LogP contribution in [0.5, 0.6) is 0 Å². The van der Waals surface area contributed by atoms with E-state index in [4.69, 9.17) is 43.4 Å². The normalized spacial score (nSPS) is 24.4. The first-order valence-corrected chi connectivity index (χ1v) is 11.7. The lowest BCUT2D eigenvalue weighted by Gasteiger charge is -2.52. The molecule has 3 aliphatic heterocycles. The Labute approximate surface area is 189 Å². The molecule has 0 aromatic carbocycles. The molecule has 0 saturated carbocycles. The first kappa shape index (κ1) is 23.0. The summed E-state index contributed by atoms with van der Waals surface area (Å²) in [6.45, 7) is 5.31. The van der Waals surface area contributed by atoms with Gasteiger partial charge in [-0.2, -0.15) is 0 Å². The molecule has 0 aromatic rings. The number of hydrogen-bond acceptors (Lipinski definition) is 6. The van der Waals surface area contributed by atoms with Crippen LogP contribution in [0.15, 0.2) is 0 Å². The minimum atomic E-state index is -0.238. The van der Waals surface area contributed by atoms with E-state index in [0.717, 1.165) is 84.6 Å². The van der Waals surface area contributed by atoms with Gasteiger partial charge in [0.2, 0.25) is 0 Å². The highest BCUT2D eigenvalue weighted by molar-refractivity contribution is 8.11. The van der Waals surface area contributed by atoms with Crippen molar-refractivity contribution in [3.8, 4) is 0 Å². The molecule has 3 aliphatic rings. The zero-order chi connectivity index (χ0) is 20.0. The zero-order valence-corrected chi connectivity index (χ0v) is 19.5. The quantitative estimate of drug-likeness (QED) is 0.458. The SMILES string of the molecule is S=C(S)N1CCN(C(=S)S)C(CCC2OCCCO2)(CCC2OCCCO2)C1. The van der Waals surface area contributed by atoms with Gasteiger partial charge in [0, 0.05) is 32.5 Å². The van der Waals surface area contributed by atoms with E-state index in [9.17, 15) is 0 Å². The van der Waals surface area contributed by atoms with Gasteiger partial charge >= 0.3 is 0 Å². The molecule has 0 bridgehead atoms. The fourth-order valence-electron chi connectivity index (χ4n) is 4.17. The van der Waals surface area contributed by atoms with E-state index in [1.165, 1.54) is 0 Å².